The summed E-state index contributed by atoms with van der Waals surface area (Å²) in [6, 6.07) is 21.5. The summed E-state index contributed by atoms with van der Waals surface area (Å²) in [6.45, 7) is 0. The Morgan fingerprint density at radius 2 is 1.44 bits per heavy atom. The molecule has 0 radical (unpaired) electrons. The van der Waals surface area contributed by atoms with Crippen LogP contribution in [-0.2, 0) is 0 Å². The molecule has 3 aromatic rings. The van der Waals surface area contributed by atoms with E-state index < -0.39 is 0 Å². The number of amides is 2. The zero-order valence-corrected chi connectivity index (χ0v) is 15.0. The molecule has 134 valence electrons. The normalized spacial score (nSPS) is 12.9. The Morgan fingerprint density at radius 3 is 2.19 bits per heavy atom. The number of hydrogen-bond acceptors (Lipinski definition) is 4. The van der Waals surface area contributed by atoms with Crippen LogP contribution in [-0.4, -0.2) is 25.9 Å². The second kappa shape index (κ2) is 6.61. The van der Waals surface area contributed by atoms with Gasteiger partial charge in [-0.15, -0.1) is 0 Å². The number of ether oxygens (including phenoxy) is 1. The minimum absolute atomic E-state index is 0.317. The predicted molar refractivity (Wildman–Crippen MR) is 105 cm³/mol. The van der Waals surface area contributed by atoms with Crippen molar-refractivity contribution < 1.29 is 14.3 Å². The van der Waals surface area contributed by atoms with Crippen LogP contribution in [0, 0.1) is 0 Å². The Bertz CT molecular complexity index is 1030. The maximum Gasteiger partial charge on any atom is 0.266 e. The number of carbonyl (C=O) groups excluding carboxylic acids is 2. The fourth-order valence-electron chi connectivity index (χ4n) is 3.06. The van der Waals surface area contributed by atoms with Gasteiger partial charge in [0, 0.05) is 25.8 Å². The molecule has 1 aliphatic rings. The first-order valence-corrected chi connectivity index (χ1v) is 8.58. The second-order valence-electron chi connectivity index (χ2n) is 6.48. The quantitative estimate of drug-likeness (QED) is 0.651. The van der Waals surface area contributed by atoms with Crippen LogP contribution in [0.3, 0.4) is 0 Å². The molecule has 3 aromatic carbocycles. The number of fused-ring (bicyclic) bond motifs is 1. The van der Waals surface area contributed by atoms with E-state index in [1.54, 1.807) is 42.5 Å². The fraction of sp³-hybridized carbons (Fsp3) is 0.0909. The van der Waals surface area contributed by atoms with Crippen molar-refractivity contribution in [2.45, 2.75) is 0 Å². The maximum absolute atomic E-state index is 12.8. The van der Waals surface area contributed by atoms with E-state index in [1.807, 2.05) is 49.3 Å². The van der Waals surface area contributed by atoms with Crippen LogP contribution in [0.2, 0.25) is 0 Å². The summed E-state index contributed by atoms with van der Waals surface area (Å²) in [4.78, 5) is 28.6. The fourth-order valence-corrected chi connectivity index (χ4v) is 3.06. The summed E-state index contributed by atoms with van der Waals surface area (Å²) in [6.07, 6.45) is 0. The van der Waals surface area contributed by atoms with E-state index in [2.05, 4.69) is 0 Å². The molecule has 0 saturated carbocycles. The molecule has 5 nitrogen and oxygen atoms in total. The SMILES string of the molecule is CN(C)c1cccc(Oc2ccc3c(c2)C(=O)N(c2ccccc2)C3=O)c1. The number of anilines is 2. The van der Waals surface area contributed by atoms with Crippen molar-refractivity contribution in [3.05, 3.63) is 83.9 Å². The highest BCUT2D eigenvalue weighted by atomic mass is 16.5. The zero-order chi connectivity index (χ0) is 19.0. The third-order valence-corrected chi connectivity index (χ3v) is 4.44. The van der Waals surface area contributed by atoms with Crippen molar-refractivity contribution >= 4 is 23.2 Å². The molecule has 0 aromatic heterocycles. The van der Waals surface area contributed by atoms with Gasteiger partial charge in [-0.3, -0.25) is 9.59 Å². The van der Waals surface area contributed by atoms with Crippen molar-refractivity contribution in [3.8, 4) is 11.5 Å². The number of rotatable bonds is 4. The lowest BCUT2D eigenvalue weighted by atomic mass is 10.1. The van der Waals surface area contributed by atoms with E-state index in [0.29, 0.717) is 28.3 Å². The van der Waals surface area contributed by atoms with Gasteiger partial charge in [0.1, 0.15) is 11.5 Å². The number of carbonyl (C=O) groups is 2. The van der Waals surface area contributed by atoms with Gasteiger partial charge in [-0.05, 0) is 42.5 Å². The van der Waals surface area contributed by atoms with Crippen LogP contribution in [0.15, 0.2) is 72.8 Å². The Hall–Kier alpha value is -3.60. The first-order valence-electron chi connectivity index (χ1n) is 8.58. The van der Waals surface area contributed by atoms with Gasteiger partial charge in [0.2, 0.25) is 0 Å². The molecular weight excluding hydrogens is 340 g/mol. The summed E-state index contributed by atoms with van der Waals surface area (Å²) in [5, 5.41) is 0. The Balaban J connectivity index is 1.64. The van der Waals surface area contributed by atoms with Crippen molar-refractivity contribution in [3.63, 3.8) is 0 Å². The highest BCUT2D eigenvalue weighted by Gasteiger charge is 2.36. The van der Waals surface area contributed by atoms with E-state index in [0.717, 1.165) is 5.69 Å². The standard InChI is InChI=1S/C22H18N2O3/c1-23(2)16-9-6-10-17(13-16)27-18-11-12-19-20(14-18)22(26)24(21(19)25)15-7-4-3-5-8-15/h3-14H,1-2H3. The van der Waals surface area contributed by atoms with Crippen molar-refractivity contribution in [1.29, 1.82) is 0 Å². The third-order valence-electron chi connectivity index (χ3n) is 4.44. The zero-order valence-electron chi connectivity index (χ0n) is 15.0. The van der Waals surface area contributed by atoms with Crippen LogP contribution >= 0.6 is 0 Å². The molecule has 0 spiro atoms. The molecule has 27 heavy (non-hydrogen) atoms. The van der Waals surface area contributed by atoms with E-state index >= 15 is 0 Å². The molecule has 4 rings (SSSR count). The van der Waals surface area contributed by atoms with Crippen LogP contribution in [0.5, 0.6) is 11.5 Å². The largest absolute Gasteiger partial charge is 0.457 e. The summed E-state index contributed by atoms with van der Waals surface area (Å²) in [5.41, 5.74) is 2.31. The number of benzene rings is 3. The topological polar surface area (TPSA) is 49.9 Å². The third kappa shape index (κ3) is 3.04. The molecule has 2 amide bonds. The minimum Gasteiger partial charge on any atom is -0.457 e. The molecule has 1 aliphatic heterocycles. The van der Waals surface area contributed by atoms with Gasteiger partial charge in [-0.25, -0.2) is 4.90 Å². The summed E-state index contributed by atoms with van der Waals surface area (Å²) >= 11 is 0. The smallest absolute Gasteiger partial charge is 0.266 e. The van der Waals surface area contributed by atoms with Crippen molar-refractivity contribution in [2.24, 2.45) is 0 Å². The molecule has 0 aliphatic carbocycles. The van der Waals surface area contributed by atoms with Gasteiger partial charge in [0.15, 0.2) is 0 Å². The monoisotopic (exact) mass is 358 g/mol. The number of hydrogen-bond donors (Lipinski definition) is 0. The predicted octanol–water partition coefficient (Wildman–Crippen LogP) is 4.35. The van der Waals surface area contributed by atoms with E-state index in [4.69, 9.17) is 4.74 Å². The van der Waals surface area contributed by atoms with Gasteiger partial charge in [0.25, 0.3) is 11.8 Å². The molecule has 5 heteroatoms. The first kappa shape index (κ1) is 16.8. The van der Waals surface area contributed by atoms with Gasteiger partial charge >= 0.3 is 0 Å². The number of nitrogens with zero attached hydrogens (tertiary/aromatic N) is 2. The van der Waals surface area contributed by atoms with Gasteiger partial charge < -0.3 is 9.64 Å². The molecule has 1 heterocycles. The molecule has 0 unspecified atom stereocenters. The van der Waals surface area contributed by atoms with Crippen LogP contribution in [0.4, 0.5) is 11.4 Å². The van der Waals surface area contributed by atoms with Gasteiger partial charge in [0.05, 0.1) is 16.8 Å². The molecule has 0 fully saturated rings. The first-order chi connectivity index (χ1) is 13.0. The van der Waals surface area contributed by atoms with Crippen LogP contribution in [0.1, 0.15) is 20.7 Å². The lowest BCUT2D eigenvalue weighted by Gasteiger charge is -2.14. The molecule has 0 atom stereocenters. The molecule has 0 saturated heterocycles. The second-order valence-corrected chi connectivity index (χ2v) is 6.48. The minimum atomic E-state index is -0.339. The highest BCUT2D eigenvalue weighted by molar-refractivity contribution is 6.34. The van der Waals surface area contributed by atoms with Crippen molar-refractivity contribution in [1.82, 2.24) is 0 Å². The number of para-hydroxylation sites is 1. The van der Waals surface area contributed by atoms with E-state index in [-0.39, 0.29) is 11.8 Å². The lowest BCUT2D eigenvalue weighted by Crippen LogP contribution is -2.29. The Kier molecular flexibility index (Phi) is 4.12. The average Bonchev–Trinajstić information content (AvgIpc) is 2.93. The number of imide groups is 1. The van der Waals surface area contributed by atoms with E-state index in [9.17, 15) is 9.59 Å². The Labute approximate surface area is 157 Å². The Morgan fingerprint density at radius 1 is 0.741 bits per heavy atom. The van der Waals surface area contributed by atoms with E-state index in [1.165, 1.54) is 4.90 Å². The summed E-state index contributed by atoms with van der Waals surface area (Å²) in [5.74, 6) is 0.523. The van der Waals surface area contributed by atoms with Gasteiger partial charge in [-0.2, -0.15) is 0 Å². The van der Waals surface area contributed by atoms with Crippen molar-refractivity contribution in [2.75, 3.05) is 23.9 Å². The maximum atomic E-state index is 12.8. The van der Waals surface area contributed by atoms with Gasteiger partial charge in [-0.1, -0.05) is 24.3 Å². The van der Waals surface area contributed by atoms with Crippen LogP contribution in [0.25, 0.3) is 0 Å². The summed E-state index contributed by atoms with van der Waals surface area (Å²) in [7, 11) is 3.91. The highest BCUT2D eigenvalue weighted by Crippen LogP contribution is 2.32. The van der Waals surface area contributed by atoms with Crippen LogP contribution < -0.4 is 14.5 Å². The molecular formula is C22H18N2O3. The average molecular weight is 358 g/mol. The molecule has 0 N–H and O–H groups in total. The summed E-state index contributed by atoms with van der Waals surface area (Å²) < 4.78 is 5.91. The molecule has 0 bridgehead atoms. The lowest BCUT2D eigenvalue weighted by molar-refractivity contribution is 0.0926.